The maximum atomic E-state index is 11.6. The molecule has 1 aromatic rings. The Hall–Kier alpha value is -2.02. The van der Waals surface area contributed by atoms with Crippen molar-refractivity contribution in [3.05, 3.63) is 24.3 Å². The van der Waals surface area contributed by atoms with Crippen molar-refractivity contribution in [2.24, 2.45) is 0 Å². The molecule has 120 valence electrons. The van der Waals surface area contributed by atoms with Crippen molar-refractivity contribution in [3.8, 4) is 0 Å². The van der Waals surface area contributed by atoms with Crippen LogP contribution in [0.2, 0.25) is 0 Å². The van der Waals surface area contributed by atoms with Crippen LogP contribution < -0.4 is 10.6 Å². The van der Waals surface area contributed by atoms with E-state index < -0.39 is 0 Å². The van der Waals surface area contributed by atoms with Gasteiger partial charge in [0.25, 0.3) is 0 Å². The molecule has 2 N–H and O–H groups in total. The molecular formula is C15H20N2O4S. The second-order valence-corrected chi connectivity index (χ2v) is 5.57. The molecule has 22 heavy (non-hydrogen) atoms. The Kier molecular flexibility index (Phi) is 8.06. The number of nitrogens with one attached hydrogen (secondary N) is 2. The number of hydrogen-bond donors (Lipinski definition) is 2. The molecule has 0 radical (unpaired) electrons. The van der Waals surface area contributed by atoms with Gasteiger partial charge in [-0.3, -0.25) is 14.4 Å². The predicted molar refractivity (Wildman–Crippen MR) is 85.7 cm³/mol. The summed E-state index contributed by atoms with van der Waals surface area (Å²) in [4.78, 5) is 34.4. The van der Waals surface area contributed by atoms with Gasteiger partial charge >= 0.3 is 5.97 Å². The van der Waals surface area contributed by atoms with Gasteiger partial charge in [0.05, 0.1) is 12.9 Å². The van der Waals surface area contributed by atoms with Gasteiger partial charge in [-0.15, -0.1) is 11.8 Å². The van der Waals surface area contributed by atoms with Crippen LogP contribution in [0.3, 0.4) is 0 Å². The molecule has 0 heterocycles. The maximum Gasteiger partial charge on any atom is 0.305 e. The van der Waals surface area contributed by atoms with Crippen LogP contribution in [0, 0.1) is 0 Å². The maximum absolute atomic E-state index is 11.6. The van der Waals surface area contributed by atoms with Crippen molar-refractivity contribution < 1.29 is 19.1 Å². The van der Waals surface area contributed by atoms with Crippen molar-refractivity contribution in [1.82, 2.24) is 5.32 Å². The molecular weight excluding hydrogens is 304 g/mol. The third kappa shape index (κ3) is 7.68. The molecule has 0 saturated heterocycles. The number of esters is 1. The Morgan fingerprint density at radius 2 is 1.86 bits per heavy atom. The van der Waals surface area contributed by atoms with E-state index in [-0.39, 0.29) is 17.8 Å². The Morgan fingerprint density at radius 3 is 2.45 bits per heavy atom. The lowest BCUT2D eigenvalue weighted by Gasteiger charge is -2.06. The van der Waals surface area contributed by atoms with E-state index in [1.807, 2.05) is 12.1 Å². The monoisotopic (exact) mass is 324 g/mol. The summed E-state index contributed by atoms with van der Waals surface area (Å²) in [5.41, 5.74) is 0.726. The van der Waals surface area contributed by atoms with Crippen molar-refractivity contribution in [2.45, 2.75) is 24.7 Å². The number of anilines is 1. The smallest absolute Gasteiger partial charge is 0.305 e. The van der Waals surface area contributed by atoms with Crippen LogP contribution >= 0.6 is 11.8 Å². The summed E-state index contributed by atoms with van der Waals surface area (Å²) < 4.78 is 4.51. The lowest BCUT2D eigenvalue weighted by Crippen LogP contribution is -2.26. The predicted octanol–water partition coefficient (Wildman–Crippen LogP) is 1.81. The summed E-state index contributed by atoms with van der Waals surface area (Å²) in [7, 11) is 1.34. The van der Waals surface area contributed by atoms with Gasteiger partial charge in [0.2, 0.25) is 11.8 Å². The fourth-order valence-electron chi connectivity index (χ4n) is 1.60. The lowest BCUT2D eigenvalue weighted by atomic mass is 10.3. The first-order valence-corrected chi connectivity index (χ1v) is 7.84. The average molecular weight is 324 g/mol. The van der Waals surface area contributed by atoms with E-state index in [1.165, 1.54) is 25.8 Å². The molecule has 0 aliphatic carbocycles. The normalized spacial score (nSPS) is 9.91. The van der Waals surface area contributed by atoms with E-state index in [0.29, 0.717) is 25.1 Å². The molecule has 0 aromatic heterocycles. The van der Waals surface area contributed by atoms with Gasteiger partial charge in [-0.1, -0.05) is 0 Å². The van der Waals surface area contributed by atoms with Crippen molar-refractivity contribution >= 4 is 35.2 Å². The lowest BCUT2D eigenvalue weighted by molar-refractivity contribution is -0.140. The first kappa shape index (κ1) is 18.0. The van der Waals surface area contributed by atoms with Crippen LogP contribution in [-0.2, 0) is 19.1 Å². The highest BCUT2D eigenvalue weighted by molar-refractivity contribution is 8.00. The minimum absolute atomic E-state index is 0.0826. The number of thioether (sulfide) groups is 1. The molecule has 0 unspecified atom stereocenters. The zero-order valence-electron chi connectivity index (χ0n) is 12.7. The highest BCUT2D eigenvalue weighted by Crippen LogP contribution is 2.20. The van der Waals surface area contributed by atoms with E-state index >= 15 is 0 Å². The third-order valence-corrected chi connectivity index (χ3v) is 3.66. The standard InChI is InChI=1S/C15H20N2O4S/c1-11(18)17-12-5-7-13(8-6-12)22-10-14(19)16-9-3-4-15(20)21-2/h5-8H,3-4,9-10H2,1-2H3,(H,16,19)(H,17,18). The number of ether oxygens (including phenoxy) is 1. The molecule has 7 heteroatoms. The molecule has 0 aliphatic rings. The number of hydrogen-bond acceptors (Lipinski definition) is 5. The van der Waals surface area contributed by atoms with E-state index in [1.54, 1.807) is 12.1 Å². The number of carbonyl (C=O) groups excluding carboxylic acids is 3. The van der Waals surface area contributed by atoms with Gasteiger partial charge in [0.1, 0.15) is 0 Å². The Labute approximate surface area is 134 Å². The van der Waals surface area contributed by atoms with Gasteiger partial charge in [0, 0.05) is 30.5 Å². The van der Waals surface area contributed by atoms with E-state index in [9.17, 15) is 14.4 Å². The second-order valence-electron chi connectivity index (χ2n) is 4.52. The average Bonchev–Trinajstić information content (AvgIpc) is 2.50. The number of rotatable bonds is 8. The first-order valence-electron chi connectivity index (χ1n) is 6.85. The van der Waals surface area contributed by atoms with E-state index in [4.69, 9.17) is 0 Å². The molecule has 0 aliphatic heterocycles. The summed E-state index contributed by atoms with van der Waals surface area (Å²) in [5.74, 6) is -0.173. The topological polar surface area (TPSA) is 84.5 Å². The largest absolute Gasteiger partial charge is 0.469 e. The number of methoxy groups -OCH3 is 1. The fraction of sp³-hybridized carbons (Fsp3) is 0.400. The molecule has 1 aromatic carbocycles. The highest BCUT2D eigenvalue weighted by Gasteiger charge is 2.04. The molecule has 0 saturated carbocycles. The van der Waals surface area contributed by atoms with Crippen LogP contribution in [0.15, 0.2) is 29.2 Å². The second kappa shape index (κ2) is 9.83. The highest BCUT2D eigenvalue weighted by atomic mass is 32.2. The van der Waals surface area contributed by atoms with Gasteiger partial charge in [-0.2, -0.15) is 0 Å². The number of amides is 2. The number of benzene rings is 1. The zero-order valence-corrected chi connectivity index (χ0v) is 13.5. The van der Waals surface area contributed by atoms with Crippen LogP contribution in [0.25, 0.3) is 0 Å². The van der Waals surface area contributed by atoms with E-state index in [2.05, 4.69) is 15.4 Å². The van der Waals surface area contributed by atoms with Crippen LogP contribution in [0.1, 0.15) is 19.8 Å². The zero-order chi connectivity index (χ0) is 16.4. The fourth-order valence-corrected chi connectivity index (χ4v) is 2.33. The van der Waals surface area contributed by atoms with Gasteiger partial charge < -0.3 is 15.4 Å². The van der Waals surface area contributed by atoms with Crippen molar-refractivity contribution in [1.29, 1.82) is 0 Å². The molecule has 0 bridgehead atoms. The third-order valence-electron chi connectivity index (χ3n) is 2.65. The van der Waals surface area contributed by atoms with E-state index in [0.717, 1.165) is 10.6 Å². The summed E-state index contributed by atoms with van der Waals surface area (Å²) in [5, 5.41) is 5.43. The molecule has 6 nitrogen and oxygen atoms in total. The minimum Gasteiger partial charge on any atom is -0.469 e. The summed E-state index contributed by atoms with van der Waals surface area (Å²) in [6.07, 6.45) is 0.864. The minimum atomic E-state index is -0.275. The van der Waals surface area contributed by atoms with Gasteiger partial charge in [-0.05, 0) is 30.7 Å². The van der Waals surface area contributed by atoms with Crippen LogP contribution in [0.5, 0.6) is 0 Å². The molecule has 2 amide bonds. The SMILES string of the molecule is COC(=O)CCCNC(=O)CSc1ccc(NC(C)=O)cc1. The number of carbonyl (C=O) groups is 3. The first-order chi connectivity index (χ1) is 10.5. The Morgan fingerprint density at radius 1 is 1.18 bits per heavy atom. The van der Waals surface area contributed by atoms with Gasteiger partial charge in [0.15, 0.2) is 0 Å². The van der Waals surface area contributed by atoms with Crippen molar-refractivity contribution in [2.75, 3.05) is 24.7 Å². The Bertz CT molecular complexity index is 517. The molecule has 0 fully saturated rings. The van der Waals surface area contributed by atoms with Gasteiger partial charge in [-0.25, -0.2) is 0 Å². The van der Waals surface area contributed by atoms with Crippen LogP contribution in [-0.4, -0.2) is 37.2 Å². The Balaban J connectivity index is 2.23. The quantitative estimate of drug-likeness (QED) is 0.433. The summed E-state index contributed by atoms with van der Waals surface area (Å²) in [6.45, 7) is 1.91. The van der Waals surface area contributed by atoms with Crippen LogP contribution in [0.4, 0.5) is 5.69 Å². The molecule has 0 atom stereocenters. The van der Waals surface area contributed by atoms with Crippen molar-refractivity contribution in [3.63, 3.8) is 0 Å². The summed E-state index contributed by atoms with van der Waals surface area (Å²) >= 11 is 1.41. The molecule has 0 spiro atoms. The molecule has 1 rings (SSSR count). The summed E-state index contributed by atoms with van der Waals surface area (Å²) in [6, 6.07) is 7.27.